The first-order chi connectivity index (χ1) is 13.7. The van der Waals surface area contributed by atoms with Crippen LogP contribution in [0.25, 0.3) is 0 Å². The molecule has 2 N–H and O–H groups in total. The maximum absolute atomic E-state index is 13.1. The van der Waals surface area contributed by atoms with Gasteiger partial charge in [0.15, 0.2) is 5.84 Å². The van der Waals surface area contributed by atoms with Crippen molar-refractivity contribution in [3.8, 4) is 5.88 Å². The van der Waals surface area contributed by atoms with Crippen LogP contribution >= 0.6 is 0 Å². The average molecular weight is 420 g/mol. The van der Waals surface area contributed by atoms with E-state index in [4.69, 9.17) is 0 Å². The smallest absolute Gasteiger partial charge is 0.333 e. The van der Waals surface area contributed by atoms with Gasteiger partial charge in [-0.2, -0.15) is 8.42 Å². The van der Waals surface area contributed by atoms with Gasteiger partial charge in [0.2, 0.25) is 5.88 Å². The summed E-state index contributed by atoms with van der Waals surface area (Å²) in [4.78, 5) is 25.8. The number of fused-ring (bicyclic) bond motifs is 1. The number of rotatable bonds is 6. The molecule has 3 rings (SSSR count). The molecule has 0 aliphatic carbocycles. The second-order valence-corrected chi connectivity index (χ2v) is 8.88. The van der Waals surface area contributed by atoms with E-state index in [0.717, 1.165) is 9.13 Å². The maximum atomic E-state index is 13.1. The number of hydrogen-bond acceptors (Lipinski definition) is 6. The molecule has 29 heavy (non-hydrogen) atoms. The monoisotopic (exact) mass is 420 g/mol. The van der Waals surface area contributed by atoms with Gasteiger partial charge in [0.25, 0.3) is 15.6 Å². The van der Waals surface area contributed by atoms with Crippen molar-refractivity contribution in [1.29, 1.82) is 0 Å². The van der Waals surface area contributed by atoms with E-state index < -0.39 is 27.2 Å². The minimum Gasteiger partial charge on any atom is -0.494 e. The van der Waals surface area contributed by atoms with Crippen LogP contribution in [0.15, 0.2) is 43.1 Å². The molecule has 9 nitrogen and oxygen atoms in total. The van der Waals surface area contributed by atoms with Gasteiger partial charge in [-0.15, -0.1) is 4.40 Å². The Labute approximate surface area is 168 Å². The molecule has 1 aromatic carbocycles. The summed E-state index contributed by atoms with van der Waals surface area (Å²) in [5, 5.41) is 13.5. The number of nitrogens with zero attached hydrogens (tertiary/aromatic N) is 3. The van der Waals surface area contributed by atoms with E-state index in [0.29, 0.717) is 12.8 Å². The summed E-state index contributed by atoms with van der Waals surface area (Å²) in [6, 6.07) is 6.15. The molecule has 156 valence electrons. The molecule has 0 saturated heterocycles. The van der Waals surface area contributed by atoms with Crippen molar-refractivity contribution in [3.63, 3.8) is 0 Å². The highest BCUT2D eigenvalue weighted by Crippen LogP contribution is 2.28. The summed E-state index contributed by atoms with van der Waals surface area (Å²) in [5.74, 6) is -0.645. The molecule has 0 unspecified atom stereocenters. The van der Waals surface area contributed by atoms with Gasteiger partial charge in [0.05, 0.1) is 5.69 Å². The molecule has 2 aromatic rings. The Morgan fingerprint density at radius 3 is 2.48 bits per heavy atom. The number of anilines is 1. The van der Waals surface area contributed by atoms with Crippen LogP contribution in [0.4, 0.5) is 5.69 Å². The van der Waals surface area contributed by atoms with Gasteiger partial charge in [-0.1, -0.05) is 32.9 Å². The SMILES string of the molecule is CCCn1c(O)c(C2=NS(=O)(=O)c3ccccc3N2)c(=O)n(CCC(C)C)c1=O. The molecule has 2 heterocycles. The van der Waals surface area contributed by atoms with Crippen molar-refractivity contribution in [2.45, 2.75) is 51.6 Å². The molecule has 0 amide bonds. The molecule has 10 heteroatoms. The Balaban J connectivity index is 2.26. The van der Waals surface area contributed by atoms with E-state index in [1.165, 1.54) is 12.1 Å². The number of benzene rings is 1. The molecule has 0 atom stereocenters. The molecule has 0 spiro atoms. The normalized spacial score (nSPS) is 15.0. The lowest BCUT2D eigenvalue weighted by Gasteiger charge is -2.20. The van der Waals surface area contributed by atoms with Crippen molar-refractivity contribution >= 4 is 21.5 Å². The Bertz CT molecular complexity index is 1190. The van der Waals surface area contributed by atoms with Crippen LogP contribution in [0.5, 0.6) is 5.88 Å². The lowest BCUT2D eigenvalue weighted by molar-refractivity contribution is 0.380. The fourth-order valence-electron chi connectivity index (χ4n) is 3.13. The van der Waals surface area contributed by atoms with Gasteiger partial charge in [-0.3, -0.25) is 13.9 Å². The largest absolute Gasteiger partial charge is 0.494 e. The Morgan fingerprint density at radius 2 is 1.83 bits per heavy atom. The van der Waals surface area contributed by atoms with Crippen LogP contribution < -0.4 is 16.6 Å². The summed E-state index contributed by atoms with van der Waals surface area (Å²) >= 11 is 0. The van der Waals surface area contributed by atoms with Crippen molar-refractivity contribution in [2.24, 2.45) is 10.3 Å². The van der Waals surface area contributed by atoms with E-state index in [1.54, 1.807) is 12.1 Å². The number of aromatic nitrogens is 2. The first-order valence-electron chi connectivity index (χ1n) is 9.45. The van der Waals surface area contributed by atoms with Crippen LogP contribution in [0.3, 0.4) is 0 Å². The summed E-state index contributed by atoms with van der Waals surface area (Å²) < 4.78 is 31.0. The second-order valence-electron chi connectivity index (χ2n) is 7.31. The number of nitrogens with one attached hydrogen (secondary N) is 1. The first kappa shape index (κ1) is 20.8. The molecular weight excluding hydrogens is 396 g/mol. The fraction of sp³-hybridized carbons (Fsp3) is 0.421. The Hall–Kier alpha value is -2.88. The molecule has 0 saturated carbocycles. The molecular formula is C19H24N4O5S. The van der Waals surface area contributed by atoms with E-state index in [1.807, 2.05) is 20.8 Å². The molecule has 1 aromatic heterocycles. The van der Waals surface area contributed by atoms with Gasteiger partial charge in [0.1, 0.15) is 10.5 Å². The predicted molar refractivity (Wildman–Crippen MR) is 110 cm³/mol. The molecule has 1 aliphatic rings. The van der Waals surface area contributed by atoms with Crippen molar-refractivity contribution in [1.82, 2.24) is 9.13 Å². The van der Waals surface area contributed by atoms with Gasteiger partial charge in [-0.25, -0.2) is 4.79 Å². The minimum absolute atomic E-state index is 0.0229. The number of hydrogen-bond donors (Lipinski definition) is 2. The van der Waals surface area contributed by atoms with Crippen LogP contribution in [-0.4, -0.2) is 28.5 Å². The number of sulfonamides is 1. The number of amidine groups is 1. The summed E-state index contributed by atoms with van der Waals surface area (Å²) in [6.07, 6.45) is 1.11. The van der Waals surface area contributed by atoms with Crippen LogP contribution in [0, 0.1) is 5.92 Å². The zero-order valence-corrected chi connectivity index (χ0v) is 17.4. The Morgan fingerprint density at radius 1 is 1.14 bits per heavy atom. The lowest BCUT2D eigenvalue weighted by atomic mass is 10.1. The molecule has 0 fully saturated rings. The van der Waals surface area contributed by atoms with E-state index in [9.17, 15) is 23.1 Å². The summed E-state index contributed by atoms with van der Waals surface area (Å²) in [5.41, 5.74) is -1.49. The van der Waals surface area contributed by atoms with Crippen LogP contribution in [0.2, 0.25) is 0 Å². The zero-order valence-electron chi connectivity index (χ0n) is 16.5. The topological polar surface area (TPSA) is 123 Å². The minimum atomic E-state index is -4.07. The van der Waals surface area contributed by atoms with Crippen molar-refractivity contribution < 1.29 is 13.5 Å². The van der Waals surface area contributed by atoms with Crippen molar-refractivity contribution in [2.75, 3.05) is 5.32 Å². The molecule has 1 aliphatic heterocycles. The quantitative estimate of drug-likeness (QED) is 0.734. The standard InChI is InChI=1S/C19H24N4O5S/c1-4-10-22-17(24)15(18(25)23(19(22)26)11-9-12(2)3)16-20-13-7-5-6-8-14(13)29(27,28)21-16/h5-8,12,24H,4,9-11H2,1-3H3,(H,20,21). The number of para-hydroxylation sites is 1. The highest BCUT2D eigenvalue weighted by atomic mass is 32.2. The van der Waals surface area contributed by atoms with E-state index in [2.05, 4.69) is 9.71 Å². The Kier molecular flexibility index (Phi) is 5.65. The second kappa shape index (κ2) is 7.86. The summed E-state index contributed by atoms with van der Waals surface area (Å²) in [7, 11) is -4.07. The van der Waals surface area contributed by atoms with Crippen LogP contribution in [-0.2, 0) is 23.1 Å². The fourth-order valence-corrected chi connectivity index (χ4v) is 4.25. The van der Waals surface area contributed by atoms with Crippen LogP contribution in [0.1, 0.15) is 39.2 Å². The molecule has 0 radical (unpaired) electrons. The third-order valence-corrected chi connectivity index (χ3v) is 5.98. The highest BCUT2D eigenvalue weighted by molar-refractivity contribution is 7.90. The predicted octanol–water partition coefficient (Wildman–Crippen LogP) is 1.73. The lowest BCUT2D eigenvalue weighted by Crippen LogP contribution is -2.44. The maximum Gasteiger partial charge on any atom is 0.333 e. The summed E-state index contributed by atoms with van der Waals surface area (Å²) in [6.45, 7) is 6.09. The van der Waals surface area contributed by atoms with E-state index >= 15 is 0 Å². The van der Waals surface area contributed by atoms with Gasteiger partial charge in [-0.05, 0) is 30.9 Å². The third kappa shape index (κ3) is 3.84. The van der Waals surface area contributed by atoms with E-state index in [-0.39, 0.29) is 41.0 Å². The third-order valence-electron chi connectivity index (χ3n) is 4.64. The zero-order chi connectivity index (χ0) is 21.3. The average Bonchev–Trinajstić information content (AvgIpc) is 2.64. The van der Waals surface area contributed by atoms with Gasteiger partial charge in [0, 0.05) is 13.1 Å². The highest BCUT2D eigenvalue weighted by Gasteiger charge is 2.30. The van der Waals surface area contributed by atoms with Gasteiger partial charge >= 0.3 is 5.69 Å². The first-order valence-corrected chi connectivity index (χ1v) is 10.9. The van der Waals surface area contributed by atoms with Crippen molar-refractivity contribution in [3.05, 3.63) is 50.7 Å². The van der Waals surface area contributed by atoms with Gasteiger partial charge < -0.3 is 10.4 Å². The molecule has 0 bridgehead atoms. The number of aromatic hydroxyl groups is 1.